The van der Waals surface area contributed by atoms with Gasteiger partial charge in [-0.3, -0.25) is 4.79 Å². The van der Waals surface area contributed by atoms with Gasteiger partial charge >= 0.3 is 0 Å². The number of nitrogens with one attached hydrogen (secondary N) is 2. The van der Waals surface area contributed by atoms with Crippen molar-refractivity contribution in [1.82, 2.24) is 10.3 Å². The molecule has 5 nitrogen and oxygen atoms in total. The number of H-pyrrole nitrogens is 1. The number of carbonyl (C=O) groups excluding carboxylic acids is 1. The lowest BCUT2D eigenvalue weighted by Crippen LogP contribution is -2.51. The van der Waals surface area contributed by atoms with E-state index in [0.29, 0.717) is 30.9 Å². The van der Waals surface area contributed by atoms with Crippen molar-refractivity contribution in [2.45, 2.75) is 18.6 Å². The van der Waals surface area contributed by atoms with Crippen LogP contribution in [0.15, 0.2) is 42.7 Å². The number of rotatable bonds is 4. The Morgan fingerprint density at radius 2 is 2.32 bits per heavy atom. The smallest absolute Gasteiger partial charge is 0.253 e. The molecule has 2 atom stereocenters. The summed E-state index contributed by atoms with van der Waals surface area (Å²) in [6.45, 7) is 0.923. The van der Waals surface area contributed by atoms with Crippen molar-refractivity contribution in [3.05, 3.63) is 54.1 Å². The molecule has 0 radical (unpaired) electrons. The summed E-state index contributed by atoms with van der Waals surface area (Å²) in [6, 6.07) is 7.41. The zero-order valence-corrected chi connectivity index (χ0v) is 11.9. The fraction of sp³-hybridized carbons (Fsp3) is 0.312. The van der Waals surface area contributed by atoms with Crippen molar-refractivity contribution in [3.8, 4) is 5.75 Å². The average Bonchev–Trinajstić information content (AvgIpc) is 3.04. The molecule has 1 aliphatic rings. The SMILES string of the molecule is O=C(N[C@@H]1COCC[C@@H]1Oc1cccc(F)c1)c1cc[nH]c1. The lowest BCUT2D eigenvalue weighted by molar-refractivity contribution is -0.00297. The molecular formula is C16H17FN2O3. The summed E-state index contributed by atoms with van der Waals surface area (Å²) in [7, 11) is 0. The monoisotopic (exact) mass is 304 g/mol. The molecule has 6 heteroatoms. The lowest BCUT2D eigenvalue weighted by Gasteiger charge is -2.32. The van der Waals surface area contributed by atoms with E-state index in [2.05, 4.69) is 10.3 Å². The van der Waals surface area contributed by atoms with Crippen LogP contribution in [0.1, 0.15) is 16.8 Å². The van der Waals surface area contributed by atoms with Gasteiger partial charge < -0.3 is 19.8 Å². The fourth-order valence-electron chi connectivity index (χ4n) is 2.43. The molecule has 22 heavy (non-hydrogen) atoms. The first-order valence-corrected chi connectivity index (χ1v) is 7.16. The van der Waals surface area contributed by atoms with Gasteiger partial charge in [-0.15, -0.1) is 0 Å². The minimum Gasteiger partial charge on any atom is -0.488 e. The molecule has 1 fully saturated rings. The average molecular weight is 304 g/mol. The molecule has 3 rings (SSSR count). The molecule has 2 N–H and O–H groups in total. The Morgan fingerprint density at radius 1 is 1.41 bits per heavy atom. The molecule has 2 heterocycles. The van der Waals surface area contributed by atoms with Gasteiger partial charge in [-0.05, 0) is 18.2 Å². The van der Waals surface area contributed by atoms with Crippen molar-refractivity contribution >= 4 is 5.91 Å². The third-order valence-corrected chi connectivity index (χ3v) is 3.55. The normalized spacial score (nSPS) is 21.3. The molecule has 2 aromatic rings. The second-order valence-corrected chi connectivity index (χ2v) is 5.16. The van der Waals surface area contributed by atoms with Crippen LogP contribution in [0.2, 0.25) is 0 Å². The Hall–Kier alpha value is -2.34. The highest BCUT2D eigenvalue weighted by Crippen LogP contribution is 2.19. The third-order valence-electron chi connectivity index (χ3n) is 3.55. The number of aromatic nitrogens is 1. The second-order valence-electron chi connectivity index (χ2n) is 5.16. The van der Waals surface area contributed by atoms with Crippen LogP contribution in [0.3, 0.4) is 0 Å². The van der Waals surface area contributed by atoms with Crippen molar-refractivity contribution in [3.63, 3.8) is 0 Å². The van der Waals surface area contributed by atoms with Crippen LogP contribution in [-0.4, -0.2) is 36.3 Å². The predicted molar refractivity (Wildman–Crippen MR) is 78.3 cm³/mol. The summed E-state index contributed by atoms with van der Waals surface area (Å²) in [6.07, 6.45) is 3.70. The molecular weight excluding hydrogens is 287 g/mol. The molecule has 1 aliphatic heterocycles. The predicted octanol–water partition coefficient (Wildman–Crippen LogP) is 2.12. The highest BCUT2D eigenvalue weighted by Gasteiger charge is 2.29. The molecule has 0 aliphatic carbocycles. The summed E-state index contributed by atoms with van der Waals surface area (Å²) in [5, 5.41) is 2.90. The van der Waals surface area contributed by atoms with Crippen LogP contribution in [0.25, 0.3) is 0 Å². The van der Waals surface area contributed by atoms with Gasteiger partial charge in [0.2, 0.25) is 0 Å². The zero-order chi connectivity index (χ0) is 15.4. The van der Waals surface area contributed by atoms with Gasteiger partial charge in [-0.2, -0.15) is 0 Å². The minimum atomic E-state index is -0.350. The summed E-state index contributed by atoms with van der Waals surface area (Å²) >= 11 is 0. The topological polar surface area (TPSA) is 63.4 Å². The van der Waals surface area contributed by atoms with E-state index < -0.39 is 0 Å². The Morgan fingerprint density at radius 3 is 3.09 bits per heavy atom. The molecule has 116 valence electrons. The van der Waals surface area contributed by atoms with Gasteiger partial charge in [-0.25, -0.2) is 4.39 Å². The second kappa shape index (κ2) is 6.62. The van der Waals surface area contributed by atoms with Crippen LogP contribution >= 0.6 is 0 Å². The van der Waals surface area contributed by atoms with Crippen LogP contribution in [0.4, 0.5) is 4.39 Å². The largest absolute Gasteiger partial charge is 0.488 e. The highest BCUT2D eigenvalue weighted by atomic mass is 19.1. The first kappa shape index (κ1) is 14.6. The van der Waals surface area contributed by atoms with E-state index in [9.17, 15) is 9.18 Å². The van der Waals surface area contributed by atoms with Crippen LogP contribution in [0, 0.1) is 5.82 Å². The van der Waals surface area contributed by atoms with E-state index in [1.54, 1.807) is 30.6 Å². The summed E-state index contributed by atoms with van der Waals surface area (Å²) < 4.78 is 24.5. The van der Waals surface area contributed by atoms with Crippen molar-refractivity contribution in [1.29, 1.82) is 0 Å². The van der Waals surface area contributed by atoms with Gasteiger partial charge in [0.05, 0.1) is 24.8 Å². The number of hydrogen-bond acceptors (Lipinski definition) is 3. The van der Waals surface area contributed by atoms with Gasteiger partial charge in [0.25, 0.3) is 5.91 Å². The maximum atomic E-state index is 13.2. The van der Waals surface area contributed by atoms with Crippen molar-refractivity contribution in [2.75, 3.05) is 13.2 Å². The van der Waals surface area contributed by atoms with Gasteiger partial charge in [0.1, 0.15) is 17.7 Å². The number of benzene rings is 1. The first-order valence-electron chi connectivity index (χ1n) is 7.16. The Balaban J connectivity index is 1.67. The lowest BCUT2D eigenvalue weighted by atomic mass is 10.1. The number of ether oxygens (including phenoxy) is 2. The molecule has 1 amide bonds. The maximum Gasteiger partial charge on any atom is 0.253 e. The first-order chi connectivity index (χ1) is 10.7. The van der Waals surface area contributed by atoms with Crippen LogP contribution < -0.4 is 10.1 Å². The molecule has 1 saturated heterocycles. The Bertz CT molecular complexity index is 630. The fourth-order valence-corrected chi connectivity index (χ4v) is 2.43. The van der Waals surface area contributed by atoms with E-state index in [4.69, 9.17) is 9.47 Å². The number of halogens is 1. The van der Waals surface area contributed by atoms with E-state index in [-0.39, 0.29) is 23.9 Å². The van der Waals surface area contributed by atoms with Gasteiger partial charge in [0, 0.05) is 24.9 Å². The van der Waals surface area contributed by atoms with Gasteiger partial charge in [0.15, 0.2) is 0 Å². The molecule has 0 unspecified atom stereocenters. The highest BCUT2D eigenvalue weighted by molar-refractivity contribution is 5.94. The number of carbonyl (C=O) groups is 1. The van der Waals surface area contributed by atoms with Crippen LogP contribution in [-0.2, 0) is 4.74 Å². The van der Waals surface area contributed by atoms with Crippen molar-refractivity contribution < 1.29 is 18.7 Å². The zero-order valence-electron chi connectivity index (χ0n) is 11.9. The number of aromatic amines is 1. The maximum absolute atomic E-state index is 13.2. The number of amides is 1. The molecule has 1 aromatic heterocycles. The third kappa shape index (κ3) is 3.46. The number of hydrogen-bond donors (Lipinski definition) is 2. The molecule has 0 saturated carbocycles. The molecule has 1 aromatic carbocycles. The van der Waals surface area contributed by atoms with Gasteiger partial charge in [-0.1, -0.05) is 6.07 Å². The van der Waals surface area contributed by atoms with Crippen LogP contribution in [0.5, 0.6) is 5.75 Å². The summed E-state index contributed by atoms with van der Waals surface area (Å²) in [5.74, 6) is -0.0881. The standard InChI is InChI=1S/C16H17FN2O3/c17-12-2-1-3-13(8-12)22-15-5-7-21-10-14(15)19-16(20)11-4-6-18-9-11/h1-4,6,8-9,14-15,18H,5,7,10H2,(H,19,20)/t14-,15+/m1/s1. The summed E-state index contributed by atoms with van der Waals surface area (Å²) in [4.78, 5) is 15.0. The van der Waals surface area contributed by atoms with E-state index in [1.165, 1.54) is 12.1 Å². The quantitative estimate of drug-likeness (QED) is 0.909. The molecule has 0 spiro atoms. The Labute approximate surface area is 127 Å². The van der Waals surface area contributed by atoms with E-state index >= 15 is 0 Å². The van der Waals surface area contributed by atoms with E-state index in [1.807, 2.05) is 0 Å². The summed E-state index contributed by atoms with van der Waals surface area (Å²) in [5.41, 5.74) is 0.551. The Kier molecular flexibility index (Phi) is 4.39. The van der Waals surface area contributed by atoms with Crippen molar-refractivity contribution in [2.24, 2.45) is 0 Å². The van der Waals surface area contributed by atoms with E-state index in [0.717, 1.165) is 0 Å². The molecule has 0 bridgehead atoms. The minimum absolute atomic E-state index is 0.190.